The van der Waals surface area contributed by atoms with Crippen LogP contribution in [-0.2, 0) is 4.74 Å². The fourth-order valence-corrected chi connectivity index (χ4v) is 3.89. The Labute approximate surface area is 193 Å². The smallest absolute Gasteiger partial charge is 0.191 e. The van der Waals surface area contributed by atoms with Gasteiger partial charge in [-0.1, -0.05) is 20.8 Å². The molecule has 1 aliphatic heterocycles. The van der Waals surface area contributed by atoms with Crippen molar-refractivity contribution >= 4 is 29.9 Å². The van der Waals surface area contributed by atoms with Crippen molar-refractivity contribution in [1.82, 2.24) is 10.6 Å². The van der Waals surface area contributed by atoms with Crippen LogP contribution in [0, 0.1) is 11.3 Å². The first-order valence-electron chi connectivity index (χ1n) is 10.1. The molecule has 29 heavy (non-hydrogen) atoms. The first-order valence-corrected chi connectivity index (χ1v) is 10.1. The Morgan fingerprint density at radius 3 is 2.59 bits per heavy atom. The minimum Gasteiger partial charge on any atom is -0.497 e. The van der Waals surface area contributed by atoms with Gasteiger partial charge in [-0.2, -0.15) is 0 Å². The van der Waals surface area contributed by atoms with Crippen LogP contribution in [-0.4, -0.2) is 46.5 Å². The van der Waals surface area contributed by atoms with Gasteiger partial charge in [-0.15, -0.1) is 24.0 Å². The lowest BCUT2D eigenvalue weighted by atomic mass is 9.78. The summed E-state index contributed by atoms with van der Waals surface area (Å²) in [5.74, 6) is 2.87. The van der Waals surface area contributed by atoms with Gasteiger partial charge >= 0.3 is 0 Å². The molecule has 0 aliphatic carbocycles. The highest BCUT2D eigenvalue weighted by molar-refractivity contribution is 14.0. The van der Waals surface area contributed by atoms with E-state index >= 15 is 0 Å². The number of guanidine groups is 1. The average molecular weight is 519 g/mol. The summed E-state index contributed by atoms with van der Waals surface area (Å²) in [5, 5.41) is 6.96. The zero-order valence-corrected chi connectivity index (χ0v) is 21.2. The lowest BCUT2D eigenvalue weighted by molar-refractivity contribution is -0.0835. The molecule has 7 heteroatoms. The standard InChI is InChI=1S/C22H37N3O3.HI/c1-15(18-13-17(26-6)10-11-19(18)27-7)25-21(23-5)24-14-16-9-8-12-28-20(16)22(2,3)4;/h10-11,13,15-16,20H,8-9,12,14H2,1-7H3,(H2,23,24,25);1H. The van der Waals surface area contributed by atoms with E-state index in [9.17, 15) is 0 Å². The number of halogens is 1. The van der Waals surface area contributed by atoms with E-state index in [1.807, 2.05) is 18.2 Å². The largest absolute Gasteiger partial charge is 0.497 e. The van der Waals surface area contributed by atoms with Gasteiger partial charge in [0.1, 0.15) is 11.5 Å². The predicted octanol–water partition coefficient (Wildman–Crippen LogP) is 4.39. The van der Waals surface area contributed by atoms with E-state index in [4.69, 9.17) is 14.2 Å². The molecule has 0 bridgehead atoms. The molecule has 0 spiro atoms. The van der Waals surface area contributed by atoms with E-state index in [2.05, 4.69) is 43.3 Å². The fraction of sp³-hybridized carbons (Fsp3) is 0.682. The van der Waals surface area contributed by atoms with E-state index in [0.717, 1.165) is 42.6 Å². The fourth-order valence-electron chi connectivity index (χ4n) is 3.89. The summed E-state index contributed by atoms with van der Waals surface area (Å²) < 4.78 is 17.0. The maximum Gasteiger partial charge on any atom is 0.191 e. The monoisotopic (exact) mass is 519 g/mol. The van der Waals surface area contributed by atoms with Crippen LogP contribution in [0.4, 0.5) is 0 Å². The van der Waals surface area contributed by atoms with E-state index in [1.54, 1.807) is 21.3 Å². The first kappa shape index (κ1) is 25.8. The van der Waals surface area contributed by atoms with Crippen LogP contribution in [0.3, 0.4) is 0 Å². The number of aliphatic imine (C=N–C) groups is 1. The number of hydrogen-bond donors (Lipinski definition) is 2. The summed E-state index contributed by atoms with van der Waals surface area (Å²) in [7, 11) is 5.15. The molecule has 2 N–H and O–H groups in total. The number of rotatable bonds is 6. The van der Waals surface area contributed by atoms with Gasteiger partial charge in [0.15, 0.2) is 5.96 Å². The Balaban J connectivity index is 0.00000420. The summed E-state index contributed by atoms with van der Waals surface area (Å²) in [5.41, 5.74) is 1.16. The lowest BCUT2D eigenvalue weighted by Crippen LogP contribution is -2.47. The number of benzene rings is 1. The third-order valence-corrected chi connectivity index (χ3v) is 5.31. The Morgan fingerprint density at radius 1 is 1.28 bits per heavy atom. The average Bonchev–Trinajstić information content (AvgIpc) is 2.69. The number of nitrogens with one attached hydrogen (secondary N) is 2. The van der Waals surface area contributed by atoms with E-state index in [-0.39, 0.29) is 41.5 Å². The maximum atomic E-state index is 6.10. The van der Waals surface area contributed by atoms with Gasteiger partial charge in [0.05, 0.1) is 26.4 Å². The zero-order valence-electron chi connectivity index (χ0n) is 18.9. The highest BCUT2D eigenvalue weighted by atomic mass is 127. The molecule has 1 aliphatic rings. The van der Waals surface area contributed by atoms with Crippen molar-refractivity contribution in [2.75, 3.05) is 34.4 Å². The summed E-state index contributed by atoms with van der Waals surface area (Å²) >= 11 is 0. The Kier molecular flexibility index (Phi) is 10.5. The molecule has 1 aromatic carbocycles. The molecule has 3 atom stereocenters. The van der Waals surface area contributed by atoms with Crippen LogP contribution >= 0.6 is 24.0 Å². The van der Waals surface area contributed by atoms with Gasteiger partial charge in [0.25, 0.3) is 0 Å². The number of methoxy groups -OCH3 is 2. The Morgan fingerprint density at radius 2 is 2.00 bits per heavy atom. The van der Waals surface area contributed by atoms with Crippen LogP contribution in [0.5, 0.6) is 11.5 Å². The van der Waals surface area contributed by atoms with Gasteiger partial charge in [-0.05, 0) is 43.4 Å². The van der Waals surface area contributed by atoms with Crippen LogP contribution in [0.2, 0.25) is 0 Å². The number of hydrogen-bond acceptors (Lipinski definition) is 4. The molecule has 1 saturated heterocycles. The molecule has 1 fully saturated rings. The van der Waals surface area contributed by atoms with E-state index < -0.39 is 0 Å². The highest BCUT2D eigenvalue weighted by Gasteiger charge is 2.35. The van der Waals surface area contributed by atoms with Crippen LogP contribution < -0.4 is 20.1 Å². The molecule has 6 nitrogen and oxygen atoms in total. The molecule has 3 unspecified atom stereocenters. The van der Waals surface area contributed by atoms with Gasteiger partial charge < -0.3 is 24.8 Å². The predicted molar refractivity (Wildman–Crippen MR) is 130 cm³/mol. The second-order valence-corrected chi connectivity index (χ2v) is 8.49. The van der Waals surface area contributed by atoms with Crippen LogP contribution in [0.1, 0.15) is 52.1 Å². The molecule has 1 heterocycles. The van der Waals surface area contributed by atoms with E-state index in [0.29, 0.717) is 5.92 Å². The topological polar surface area (TPSA) is 64.1 Å². The maximum absolute atomic E-state index is 6.10. The number of nitrogens with zero attached hydrogens (tertiary/aromatic N) is 1. The van der Waals surface area contributed by atoms with Crippen molar-refractivity contribution in [1.29, 1.82) is 0 Å². The van der Waals surface area contributed by atoms with Crippen molar-refractivity contribution in [2.45, 2.75) is 52.7 Å². The molecule has 1 aromatic rings. The minimum atomic E-state index is 0. The summed E-state index contributed by atoms with van der Waals surface area (Å²) in [4.78, 5) is 4.40. The van der Waals surface area contributed by atoms with Crippen molar-refractivity contribution in [3.8, 4) is 11.5 Å². The molecule has 0 saturated carbocycles. The van der Waals surface area contributed by atoms with Gasteiger partial charge in [0, 0.05) is 31.7 Å². The zero-order chi connectivity index (χ0) is 20.7. The minimum absolute atomic E-state index is 0. The third kappa shape index (κ3) is 7.20. The van der Waals surface area contributed by atoms with Gasteiger partial charge in [-0.3, -0.25) is 4.99 Å². The first-order chi connectivity index (χ1) is 13.3. The summed E-state index contributed by atoms with van der Waals surface area (Å²) in [6.45, 7) is 10.5. The quantitative estimate of drug-likeness (QED) is 0.332. The van der Waals surface area contributed by atoms with Crippen LogP contribution in [0.15, 0.2) is 23.2 Å². The lowest BCUT2D eigenvalue weighted by Gasteiger charge is -2.40. The SMILES string of the molecule is CN=C(NCC1CCCOC1C(C)(C)C)NC(C)c1cc(OC)ccc1OC.I. The highest BCUT2D eigenvalue weighted by Crippen LogP contribution is 2.34. The second kappa shape index (κ2) is 11.8. The van der Waals surface area contributed by atoms with Gasteiger partial charge in [0.2, 0.25) is 0 Å². The van der Waals surface area contributed by atoms with Crippen molar-refractivity contribution < 1.29 is 14.2 Å². The second-order valence-electron chi connectivity index (χ2n) is 8.49. The van der Waals surface area contributed by atoms with Crippen molar-refractivity contribution in [2.24, 2.45) is 16.3 Å². The van der Waals surface area contributed by atoms with Crippen molar-refractivity contribution in [3.63, 3.8) is 0 Å². The Hall–Kier alpha value is -1.22. The van der Waals surface area contributed by atoms with Crippen molar-refractivity contribution in [3.05, 3.63) is 23.8 Å². The Bertz CT molecular complexity index is 661. The number of ether oxygens (including phenoxy) is 3. The normalized spacial score (nSPS) is 21.0. The van der Waals surface area contributed by atoms with E-state index in [1.165, 1.54) is 6.42 Å². The molecule has 166 valence electrons. The van der Waals surface area contributed by atoms with Gasteiger partial charge in [-0.25, -0.2) is 0 Å². The summed E-state index contributed by atoms with van der Waals surface area (Å²) in [6, 6.07) is 5.83. The molecule has 0 radical (unpaired) electrons. The molecular formula is C22H38IN3O3. The molecule has 0 amide bonds. The molecule has 0 aromatic heterocycles. The summed E-state index contributed by atoms with van der Waals surface area (Å²) in [6.07, 6.45) is 2.54. The molecular weight excluding hydrogens is 481 g/mol. The third-order valence-electron chi connectivity index (χ3n) is 5.31. The van der Waals surface area contributed by atoms with Crippen LogP contribution in [0.25, 0.3) is 0 Å². The molecule has 2 rings (SSSR count).